The summed E-state index contributed by atoms with van der Waals surface area (Å²) in [6.45, 7) is 5.59. The summed E-state index contributed by atoms with van der Waals surface area (Å²) in [5.74, 6) is 0. The van der Waals surface area contributed by atoms with Crippen molar-refractivity contribution in [2.24, 2.45) is 0 Å². The van der Waals surface area contributed by atoms with Gasteiger partial charge in [0, 0.05) is 22.9 Å². The van der Waals surface area contributed by atoms with E-state index in [1.807, 2.05) is 0 Å². The van der Waals surface area contributed by atoms with Crippen LogP contribution in [0, 0.1) is 0 Å². The number of nitrogens with zero attached hydrogens (tertiary/aromatic N) is 1. The Bertz CT molecular complexity index is 302. The fraction of sp³-hybridized carbons (Fsp3) is 0.538. The molecule has 0 aliphatic carbocycles. The average molecular weight is 349 g/mol. The zero-order valence-electron chi connectivity index (χ0n) is 9.76. The van der Waals surface area contributed by atoms with E-state index in [-0.39, 0.29) is 0 Å². The third-order valence-electron chi connectivity index (χ3n) is 2.52. The van der Waals surface area contributed by atoms with Crippen LogP contribution >= 0.6 is 31.9 Å². The van der Waals surface area contributed by atoms with E-state index in [0.29, 0.717) is 0 Å². The van der Waals surface area contributed by atoms with Gasteiger partial charge in [-0.2, -0.15) is 0 Å². The summed E-state index contributed by atoms with van der Waals surface area (Å²) in [5.41, 5.74) is 1.38. The maximum atomic E-state index is 3.52. The van der Waals surface area contributed by atoms with Gasteiger partial charge in [0.1, 0.15) is 0 Å². The van der Waals surface area contributed by atoms with Crippen LogP contribution in [-0.2, 0) is 6.54 Å². The molecule has 0 atom stereocenters. The summed E-state index contributed by atoms with van der Waals surface area (Å²) >= 11 is 7.03. The van der Waals surface area contributed by atoms with E-state index in [4.69, 9.17) is 0 Å². The number of halogens is 2. The van der Waals surface area contributed by atoms with Gasteiger partial charge in [-0.3, -0.25) is 4.90 Å². The molecule has 0 fully saturated rings. The number of alkyl halides is 1. The molecule has 0 heterocycles. The minimum atomic E-state index is 1.05. The minimum absolute atomic E-state index is 1.05. The van der Waals surface area contributed by atoms with Crippen LogP contribution in [0.4, 0.5) is 0 Å². The van der Waals surface area contributed by atoms with Gasteiger partial charge in [-0.05, 0) is 30.7 Å². The molecule has 0 amide bonds. The predicted molar refractivity (Wildman–Crippen MR) is 78.1 cm³/mol. The van der Waals surface area contributed by atoms with Crippen molar-refractivity contribution >= 4 is 31.9 Å². The lowest BCUT2D eigenvalue weighted by atomic mass is 10.2. The van der Waals surface area contributed by atoms with Gasteiger partial charge >= 0.3 is 0 Å². The molecule has 90 valence electrons. The molecule has 0 bridgehead atoms. The van der Waals surface area contributed by atoms with Crippen molar-refractivity contribution in [2.75, 3.05) is 18.4 Å². The van der Waals surface area contributed by atoms with Crippen molar-refractivity contribution in [1.29, 1.82) is 0 Å². The summed E-state index contributed by atoms with van der Waals surface area (Å²) < 4.78 is 1.17. The van der Waals surface area contributed by atoms with Crippen LogP contribution < -0.4 is 0 Å². The summed E-state index contributed by atoms with van der Waals surface area (Å²) in [5, 5.41) is 1.05. The average Bonchev–Trinajstić information content (AvgIpc) is 2.26. The first kappa shape index (κ1) is 14.2. The molecule has 3 heteroatoms. The smallest absolute Gasteiger partial charge is 0.0234 e. The van der Waals surface area contributed by atoms with E-state index in [2.05, 4.69) is 67.9 Å². The Kier molecular flexibility index (Phi) is 7.33. The molecule has 0 unspecified atom stereocenters. The minimum Gasteiger partial charge on any atom is -0.298 e. The second kappa shape index (κ2) is 8.26. The van der Waals surface area contributed by atoms with Crippen molar-refractivity contribution in [3.05, 3.63) is 34.3 Å². The molecule has 0 aliphatic rings. The normalized spacial score (nSPS) is 11.0. The highest BCUT2D eigenvalue weighted by Crippen LogP contribution is 2.13. The van der Waals surface area contributed by atoms with Gasteiger partial charge in [-0.1, -0.05) is 57.3 Å². The fourth-order valence-electron chi connectivity index (χ4n) is 1.66. The molecule has 1 aromatic carbocycles. The zero-order valence-corrected chi connectivity index (χ0v) is 12.9. The van der Waals surface area contributed by atoms with E-state index < -0.39 is 0 Å². The number of rotatable bonds is 7. The molecule has 16 heavy (non-hydrogen) atoms. The monoisotopic (exact) mass is 347 g/mol. The number of hydrogen-bond acceptors (Lipinski definition) is 1. The van der Waals surface area contributed by atoms with Gasteiger partial charge in [0.25, 0.3) is 0 Å². The zero-order chi connectivity index (χ0) is 11.8. The van der Waals surface area contributed by atoms with Crippen LogP contribution in [0.1, 0.15) is 25.3 Å². The quantitative estimate of drug-likeness (QED) is 0.658. The highest BCUT2D eigenvalue weighted by molar-refractivity contribution is 9.10. The van der Waals surface area contributed by atoms with Gasteiger partial charge in [0.05, 0.1) is 0 Å². The Morgan fingerprint density at radius 1 is 1.25 bits per heavy atom. The van der Waals surface area contributed by atoms with E-state index in [1.54, 1.807) is 0 Å². The summed E-state index contributed by atoms with van der Waals surface area (Å²) in [6, 6.07) is 8.57. The van der Waals surface area contributed by atoms with Crippen LogP contribution in [0.25, 0.3) is 0 Å². The van der Waals surface area contributed by atoms with Crippen LogP contribution in [0.5, 0.6) is 0 Å². The fourth-order valence-corrected chi connectivity index (χ4v) is 2.61. The topological polar surface area (TPSA) is 3.24 Å². The molecule has 0 radical (unpaired) electrons. The number of hydrogen-bond donors (Lipinski definition) is 0. The molecule has 0 aliphatic heterocycles. The first-order valence-electron chi connectivity index (χ1n) is 5.79. The Morgan fingerprint density at radius 2 is 2.06 bits per heavy atom. The third kappa shape index (κ3) is 5.46. The number of unbranched alkanes of at least 4 members (excludes halogenated alkanes) is 1. The molecule has 0 saturated carbocycles. The Hall–Kier alpha value is 0.140. The molecule has 1 nitrogen and oxygen atoms in total. The SMILES string of the molecule is CCCCN(CCBr)Cc1cccc(Br)c1. The van der Waals surface area contributed by atoms with Crippen LogP contribution in [-0.4, -0.2) is 23.3 Å². The lowest BCUT2D eigenvalue weighted by Gasteiger charge is -2.21. The van der Waals surface area contributed by atoms with E-state index in [1.165, 1.54) is 29.4 Å². The molecule has 0 spiro atoms. The summed E-state index contributed by atoms with van der Waals surface area (Å²) in [6.07, 6.45) is 2.54. The van der Waals surface area contributed by atoms with E-state index >= 15 is 0 Å². The predicted octanol–water partition coefficient (Wildman–Crippen LogP) is 4.45. The molecule has 0 aromatic heterocycles. The highest BCUT2D eigenvalue weighted by Gasteiger charge is 2.04. The summed E-state index contributed by atoms with van der Waals surface area (Å²) in [4.78, 5) is 2.50. The van der Waals surface area contributed by atoms with Crippen molar-refractivity contribution in [3.8, 4) is 0 Å². The van der Waals surface area contributed by atoms with Gasteiger partial charge < -0.3 is 0 Å². The first-order valence-corrected chi connectivity index (χ1v) is 7.70. The maximum absolute atomic E-state index is 3.52. The standard InChI is InChI=1S/C13H19Br2N/c1-2-3-8-16(9-7-14)11-12-5-4-6-13(15)10-12/h4-6,10H,2-3,7-9,11H2,1H3. The highest BCUT2D eigenvalue weighted by atomic mass is 79.9. The second-order valence-corrected chi connectivity index (χ2v) is 5.66. The Labute approximate surface area is 115 Å². The molecular formula is C13H19Br2N. The maximum Gasteiger partial charge on any atom is 0.0234 e. The van der Waals surface area contributed by atoms with Gasteiger partial charge in [0.15, 0.2) is 0 Å². The lowest BCUT2D eigenvalue weighted by molar-refractivity contribution is 0.278. The van der Waals surface area contributed by atoms with Crippen molar-refractivity contribution < 1.29 is 0 Å². The van der Waals surface area contributed by atoms with Crippen LogP contribution in [0.2, 0.25) is 0 Å². The molecule has 0 saturated heterocycles. The van der Waals surface area contributed by atoms with Gasteiger partial charge in [-0.15, -0.1) is 0 Å². The van der Waals surface area contributed by atoms with Gasteiger partial charge in [0.2, 0.25) is 0 Å². The van der Waals surface area contributed by atoms with Crippen molar-refractivity contribution in [2.45, 2.75) is 26.3 Å². The van der Waals surface area contributed by atoms with E-state index in [9.17, 15) is 0 Å². The van der Waals surface area contributed by atoms with Gasteiger partial charge in [-0.25, -0.2) is 0 Å². The van der Waals surface area contributed by atoms with E-state index in [0.717, 1.165) is 18.4 Å². The number of benzene rings is 1. The lowest BCUT2D eigenvalue weighted by Crippen LogP contribution is -2.26. The Balaban J connectivity index is 2.52. The molecule has 0 N–H and O–H groups in total. The first-order chi connectivity index (χ1) is 7.76. The van der Waals surface area contributed by atoms with Crippen LogP contribution in [0.3, 0.4) is 0 Å². The summed E-state index contributed by atoms with van der Waals surface area (Å²) in [7, 11) is 0. The molecular weight excluding hydrogens is 330 g/mol. The largest absolute Gasteiger partial charge is 0.298 e. The Morgan fingerprint density at radius 3 is 2.69 bits per heavy atom. The molecule has 1 aromatic rings. The second-order valence-electron chi connectivity index (χ2n) is 3.95. The van der Waals surface area contributed by atoms with Crippen molar-refractivity contribution in [3.63, 3.8) is 0 Å². The van der Waals surface area contributed by atoms with Crippen LogP contribution in [0.15, 0.2) is 28.7 Å². The van der Waals surface area contributed by atoms with Crippen molar-refractivity contribution in [1.82, 2.24) is 4.90 Å². The third-order valence-corrected chi connectivity index (χ3v) is 3.37. The molecule has 1 rings (SSSR count).